The number of hydrogen-bond donors (Lipinski definition) is 1. The van der Waals surface area contributed by atoms with Gasteiger partial charge >= 0.3 is 0 Å². The summed E-state index contributed by atoms with van der Waals surface area (Å²) in [6, 6.07) is 2.73. The van der Waals surface area contributed by atoms with E-state index >= 15 is 0 Å². The lowest BCUT2D eigenvalue weighted by Gasteiger charge is -2.14. The highest BCUT2D eigenvalue weighted by atomic mass is 79.9. The van der Waals surface area contributed by atoms with Gasteiger partial charge in [-0.2, -0.15) is 0 Å². The van der Waals surface area contributed by atoms with Crippen molar-refractivity contribution in [1.29, 1.82) is 0 Å². The molecule has 0 aliphatic heterocycles. The zero-order chi connectivity index (χ0) is 11.4. The molecule has 16 heavy (non-hydrogen) atoms. The lowest BCUT2D eigenvalue weighted by Crippen LogP contribution is -2.12. The summed E-state index contributed by atoms with van der Waals surface area (Å²) in [6.45, 7) is -0.617. The van der Waals surface area contributed by atoms with Gasteiger partial charge in [0.15, 0.2) is 0 Å². The molecule has 0 spiro atoms. The van der Waals surface area contributed by atoms with E-state index in [1.54, 1.807) is 12.1 Å². The van der Waals surface area contributed by atoms with Gasteiger partial charge in [0.1, 0.15) is 22.6 Å². The van der Waals surface area contributed by atoms with Gasteiger partial charge in [-0.15, -0.1) is 12.4 Å². The molecule has 3 nitrogen and oxygen atoms in total. The van der Waals surface area contributed by atoms with E-state index < -0.39 is 12.7 Å². The lowest BCUT2D eigenvalue weighted by molar-refractivity contribution is 0.385. The molecule has 0 radical (unpaired) electrons. The average Bonchev–Trinajstić information content (AvgIpc) is 2.28. The fraction of sp³-hybridized carbons (Fsp3) is 0.400. The summed E-state index contributed by atoms with van der Waals surface area (Å²) in [5.41, 5.74) is 6.24. The Hall–Kier alpha value is -0.520. The number of methoxy groups -OCH3 is 2. The lowest BCUT2D eigenvalue weighted by atomic mass is 10.1. The second-order valence-corrected chi connectivity index (χ2v) is 3.79. The fourth-order valence-corrected chi connectivity index (χ4v) is 1.75. The van der Waals surface area contributed by atoms with E-state index in [1.165, 1.54) is 14.2 Å². The molecule has 1 rings (SSSR count). The molecule has 0 aromatic heterocycles. The van der Waals surface area contributed by atoms with E-state index in [0.29, 0.717) is 21.5 Å². The SMILES string of the molecule is COc1cc([C@H](N)CF)cc(OC)c1Br.Cl. The van der Waals surface area contributed by atoms with Crippen LogP contribution in [0.4, 0.5) is 4.39 Å². The summed E-state index contributed by atoms with van der Waals surface area (Å²) in [4.78, 5) is 0. The van der Waals surface area contributed by atoms with Crippen molar-refractivity contribution in [2.24, 2.45) is 5.73 Å². The minimum Gasteiger partial charge on any atom is -0.495 e. The molecule has 1 aromatic rings. The molecule has 0 heterocycles. The van der Waals surface area contributed by atoms with E-state index in [1.807, 2.05) is 0 Å². The summed E-state index contributed by atoms with van der Waals surface area (Å²) >= 11 is 3.32. The smallest absolute Gasteiger partial charge is 0.137 e. The van der Waals surface area contributed by atoms with Crippen LogP contribution in [0.2, 0.25) is 0 Å². The maximum atomic E-state index is 12.4. The molecule has 1 aromatic carbocycles. The monoisotopic (exact) mass is 313 g/mol. The average molecular weight is 315 g/mol. The fourth-order valence-electron chi connectivity index (χ4n) is 1.19. The van der Waals surface area contributed by atoms with E-state index in [2.05, 4.69) is 15.9 Å². The van der Waals surface area contributed by atoms with Crippen LogP contribution >= 0.6 is 28.3 Å². The van der Waals surface area contributed by atoms with Crippen LogP contribution in [0.25, 0.3) is 0 Å². The number of halogens is 3. The quantitative estimate of drug-likeness (QED) is 0.929. The van der Waals surface area contributed by atoms with Gasteiger partial charge in [0.25, 0.3) is 0 Å². The van der Waals surface area contributed by atoms with Gasteiger partial charge in [0.2, 0.25) is 0 Å². The molecule has 0 aliphatic carbocycles. The summed E-state index contributed by atoms with van der Waals surface area (Å²) in [5.74, 6) is 1.15. The van der Waals surface area contributed by atoms with E-state index in [0.717, 1.165) is 0 Å². The second kappa shape index (κ2) is 6.93. The van der Waals surface area contributed by atoms with E-state index in [4.69, 9.17) is 15.2 Å². The minimum atomic E-state index is -0.652. The Morgan fingerprint density at radius 3 is 2.06 bits per heavy atom. The molecule has 92 valence electrons. The highest BCUT2D eigenvalue weighted by Crippen LogP contribution is 2.36. The number of rotatable bonds is 4. The summed E-state index contributed by atoms with van der Waals surface area (Å²) in [7, 11) is 3.06. The van der Waals surface area contributed by atoms with Crippen LogP contribution in [0.1, 0.15) is 11.6 Å². The van der Waals surface area contributed by atoms with Gasteiger partial charge in [-0.25, -0.2) is 4.39 Å². The van der Waals surface area contributed by atoms with Crippen LogP contribution in [0.5, 0.6) is 11.5 Å². The number of nitrogens with two attached hydrogens (primary N) is 1. The highest BCUT2D eigenvalue weighted by molar-refractivity contribution is 9.10. The molecule has 0 saturated carbocycles. The predicted octanol–water partition coefficient (Wildman–Crippen LogP) is 2.86. The van der Waals surface area contributed by atoms with Gasteiger partial charge in [0, 0.05) is 0 Å². The van der Waals surface area contributed by atoms with Gasteiger partial charge in [0.05, 0.1) is 20.3 Å². The Kier molecular flexibility index (Phi) is 6.71. The van der Waals surface area contributed by atoms with Crippen molar-refractivity contribution in [3.05, 3.63) is 22.2 Å². The third-order valence-corrected chi connectivity index (χ3v) is 2.84. The van der Waals surface area contributed by atoms with Crippen LogP contribution in [-0.4, -0.2) is 20.9 Å². The molecule has 2 N–H and O–H groups in total. The maximum absolute atomic E-state index is 12.4. The zero-order valence-electron chi connectivity index (χ0n) is 9.00. The maximum Gasteiger partial charge on any atom is 0.137 e. The van der Waals surface area contributed by atoms with E-state index in [9.17, 15) is 4.39 Å². The van der Waals surface area contributed by atoms with Crippen LogP contribution in [0.15, 0.2) is 16.6 Å². The van der Waals surface area contributed by atoms with Crippen LogP contribution in [0, 0.1) is 0 Å². The van der Waals surface area contributed by atoms with Crippen LogP contribution < -0.4 is 15.2 Å². The van der Waals surface area contributed by atoms with Crippen LogP contribution in [-0.2, 0) is 0 Å². The Morgan fingerprint density at radius 1 is 1.31 bits per heavy atom. The first-order chi connectivity index (χ1) is 7.13. The van der Waals surface area contributed by atoms with Crippen molar-refractivity contribution in [2.75, 3.05) is 20.9 Å². The summed E-state index contributed by atoms with van der Waals surface area (Å²) in [5, 5.41) is 0. The number of hydrogen-bond acceptors (Lipinski definition) is 3. The first-order valence-electron chi connectivity index (χ1n) is 4.37. The normalized spacial score (nSPS) is 11.6. The molecule has 0 unspecified atom stereocenters. The Morgan fingerprint density at radius 2 is 1.75 bits per heavy atom. The standard InChI is InChI=1S/C10H13BrFNO2.ClH/c1-14-8-3-6(7(13)5-12)4-9(15-2)10(8)11;/h3-4,7H,5,13H2,1-2H3;1H/t7-;/m1./s1. The van der Waals surface area contributed by atoms with Crippen molar-refractivity contribution >= 4 is 28.3 Å². The second-order valence-electron chi connectivity index (χ2n) is 3.00. The van der Waals surface area contributed by atoms with Crippen molar-refractivity contribution in [2.45, 2.75) is 6.04 Å². The molecule has 6 heteroatoms. The van der Waals surface area contributed by atoms with Gasteiger partial charge in [-0.05, 0) is 33.6 Å². The van der Waals surface area contributed by atoms with Gasteiger partial charge < -0.3 is 15.2 Å². The topological polar surface area (TPSA) is 44.5 Å². The van der Waals surface area contributed by atoms with Crippen LogP contribution in [0.3, 0.4) is 0 Å². The molecule has 0 amide bonds. The number of alkyl halides is 1. The first kappa shape index (κ1) is 15.5. The number of benzene rings is 1. The Balaban J connectivity index is 0.00000225. The van der Waals surface area contributed by atoms with Crippen molar-refractivity contribution in [3.8, 4) is 11.5 Å². The highest BCUT2D eigenvalue weighted by Gasteiger charge is 2.13. The zero-order valence-corrected chi connectivity index (χ0v) is 11.4. The molecule has 1 atom stereocenters. The third-order valence-electron chi connectivity index (χ3n) is 2.06. The molecular weight excluding hydrogens is 300 g/mol. The van der Waals surface area contributed by atoms with Crippen molar-refractivity contribution < 1.29 is 13.9 Å². The summed E-state index contributed by atoms with van der Waals surface area (Å²) < 4.78 is 23.4. The molecule has 0 saturated heterocycles. The Bertz CT molecular complexity index is 327. The van der Waals surface area contributed by atoms with Gasteiger partial charge in [-0.1, -0.05) is 0 Å². The first-order valence-corrected chi connectivity index (χ1v) is 5.16. The summed E-state index contributed by atoms with van der Waals surface area (Å²) in [6.07, 6.45) is 0. The molecule has 0 aliphatic rings. The largest absolute Gasteiger partial charge is 0.495 e. The minimum absolute atomic E-state index is 0. The Labute approximate surface area is 109 Å². The van der Waals surface area contributed by atoms with E-state index in [-0.39, 0.29) is 12.4 Å². The van der Waals surface area contributed by atoms with Crippen molar-refractivity contribution in [1.82, 2.24) is 0 Å². The predicted molar refractivity (Wildman–Crippen MR) is 67.4 cm³/mol. The molecular formula is C10H14BrClFNO2. The molecule has 0 fully saturated rings. The molecule has 0 bridgehead atoms. The number of ether oxygens (including phenoxy) is 2. The van der Waals surface area contributed by atoms with Gasteiger partial charge in [-0.3, -0.25) is 0 Å². The van der Waals surface area contributed by atoms with Crippen molar-refractivity contribution in [3.63, 3.8) is 0 Å². The third kappa shape index (κ3) is 3.23.